The van der Waals surface area contributed by atoms with Gasteiger partial charge in [-0.2, -0.15) is 5.48 Å². The Hall–Kier alpha value is -0.120. The lowest BCUT2D eigenvalue weighted by Gasteiger charge is -2.19. The smallest absolute Gasteiger partial charge is 0.0812 e. The summed E-state index contributed by atoms with van der Waals surface area (Å²) >= 11 is 0. The fourth-order valence-corrected chi connectivity index (χ4v) is 0.379. The van der Waals surface area contributed by atoms with Crippen LogP contribution in [-0.4, -0.2) is 23.4 Å². The summed E-state index contributed by atoms with van der Waals surface area (Å²) < 4.78 is 0. The molecule has 3 nitrogen and oxygen atoms in total. The van der Waals surface area contributed by atoms with E-state index >= 15 is 0 Å². The zero-order valence-corrected chi connectivity index (χ0v) is 7.14. The topological polar surface area (TPSA) is 41.5 Å². The minimum absolute atomic E-state index is 0.186. The Morgan fingerprint density at radius 3 is 2.30 bits per heavy atom. The molecule has 0 aromatic rings. The van der Waals surface area contributed by atoms with Gasteiger partial charge in [-0.05, 0) is 27.7 Å². The number of hydrogen-bond donors (Lipinski definition) is 2. The third-order valence-corrected chi connectivity index (χ3v) is 0.757. The first kappa shape index (κ1) is 9.88. The van der Waals surface area contributed by atoms with Crippen LogP contribution in [0.1, 0.15) is 27.7 Å². The van der Waals surface area contributed by atoms with E-state index in [1.54, 1.807) is 6.92 Å². The zero-order valence-electron chi connectivity index (χ0n) is 7.14. The van der Waals surface area contributed by atoms with E-state index in [1.807, 2.05) is 20.8 Å². The maximum atomic E-state index is 8.81. The summed E-state index contributed by atoms with van der Waals surface area (Å²) in [7, 11) is 0. The molecule has 0 saturated heterocycles. The lowest BCUT2D eigenvalue weighted by molar-refractivity contribution is -0.0817. The van der Waals surface area contributed by atoms with Gasteiger partial charge in [0.2, 0.25) is 0 Å². The van der Waals surface area contributed by atoms with Crippen LogP contribution < -0.4 is 5.48 Å². The van der Waals surface area contributed by atoms with Crippen molar-refractivity contribution in [3.63, 3.8) is 0 Å². The van der Waals surface area contributed by atoms with Crippen LogP contribution in [0.3, 0.4) is 0 Å². The highest BCUT2D eigenvalue weighted by Crippen LogP contribution is 2.02. The fraction of sp³-hybridized carbons (Fsp3) is 1.00. The van der Waals surface area contributed by atoms with E-state index in [-0.39, 0.29) is 11.7 Å². The van der Waals surface area contributed by atoms with Crippen molar-refractivity contribution in [1.29, 1.82) is 0 Å². The van der Waals surface area contributed by atoms with Gasteiger partial charge < -0.3 is 5.11 Å². The third-order valence-electron chi connectivity index (χ3n) is 0.757. The largest absolute Gasteiger partial charge is 0.392 e. The fourth-order valence-electron chi connectivity index (χ4n) is 0.379. The van der Waals surface area contributed by atoms with Crippen molar-refractivity contribution in [3.8, 4) is 0 Å². The lowest BCUT2D eigenvalue weighted by Crippen LogP contribution is -2.33. The molecule has 0 radical (unpaired) electrons. The molecule has 0 aliphatic heterocycles. The molecule has 3 heteroatoms. The van der Waals surface area contributed by atoms with Crippen LogP contribution in [0.25, 0.3) is 0 Å². The van der Waals surface area contributed by atoms with Gasteiger partial charge in [-0.3, -0.25) is 4.84 Å². The SMILES string of the molecule is CC(O)CNOC(C)(C)C. The highest BCUT2D eigenvalue weighted by molar-refractivity contribution is 4.57. The monoisotopic (exact) mass is 147 g/mol. The molecule has 0 heterocycles. The second-order valence-electron chi connectivity index (χ2n) is 3.41. The first-order chi connectivity index (χ1) is 4.42. The number of rotatable bonds is 3. The minimum Gasteiger partial charge on any atom is -0.392 e. The Balaban J connectivity index is 3.21. The molecule has 0 aromatic heterocycles. The predicted molar refractivity (Wildman–Crippen MR) is 40.5 cm³/mol. The van der Waals surface area contributed by atoms with E-state index in [9.17, 15) is 0 Å². The van der Waals surface area contributed by atoms with Crippen LogP contribution in [0.15, 0.2) is 0 Å². The number of aliphatic hydroxyl groups excluding tert-OH is 1. The molecule has 10 heavy (non-hydrogen) atoms. The zero-order chi connectivity index (χ0) is 8.20. The van der Waals surface area contributed by atoms with Crippen molar-refractivity contribution in [2.24, 2.45) is 0 Å². The second-order valence-corrected chi connectivity index (χ2v) is 3.41. The molecule has 62 valence electrons. The van der Waals surface area contributed by atoms with Crippen molar-refractivity contribution >= 4 is 0 Å². The summed E-state index contributed by atoms with van der Waals surface area (Å²) in [6, 6.07) is 0. The molecule has 0 saturated carbocycles. The van der Waals surface area contributed by atoms with Gasteiger partial charge in [-0.1, -0.05) is 0 Å². The molecule has 2 N–H and O–H groups in total. The molecule has 0 rings (SSSR count). The van der Waals surface area contributed by atoms with E-state index in [0.717, 1.165) is 0 Å². The van der Waals surface area contributed by atoms with E-state index in [0.29, 0.717) is 6.54 Å². The molecule has 0 amide bonds. The Kier molecular flexibility index (Phi) is 3.86. The van der Waals surface area contributed by atoms with Crippen molar-refractivity contribution in [1.82, 2.24) is 5.48 Å². The maximum Gasteiger partial charge on any atom is 0.0812 e. The Morgan fingerprint density at radius 1 is 1.50 bits per heavy atom. The second kappa shape index (κ2) is 3.91. The van der Waals surface area contributed by atoms with Gasteiger partial charge in [0.25, 0.3) is 0 Å². The summed E-state index contributed by atoms with van der Waals surface area (Å²) in [5.74, 6) is 0. The van der Waals surface area contributed by atoms with Gasteiger partial charge in [0.15, 0.2) is 0 Å². The summed E-state index contributed by atoms with van der Waals surface area (Å²) in [6.45, 7) is 8.02. The first-order valence-corrected chi connectivity index (χ1v) is 3.51. The number of hydrogen-bond acceptors (Lipinski definition) is 3. The lowest BCUT2D eigenvalue weighted by atomic mass is 10.2. The molecular formula is C7H17NO2. The highest BCUT2D eigenvalue weighted by atomic mass is 16.7. The predicted octanol–water partition coefficient (Wildman–Crippen LogP) is 0.687. The van der Waals surface area contributed by atoms with Crippen LogP contribution >= 0.6 is 0 Å². The van der Waals surface area contributed by atoms with Gasteiger partial charge in [0.1, 0.15) is 0 Å². The molecule has 0 aliphatic rings. The summed E-state index contributed by atoms with van der Waals surface area (Å²) in [4.78, 5) is 5.13. The van der Waals surface area contributed by atoms with Crippen LogP contribution in [0.2, 0.25) is 0 Å². The molecular weight excluding hydrogens is 130 g/mol. The van der Waals surface area contributed by atoms with E-state index in [2.05, 4.69) is 5.48 Å². The highest BCUT2D eigenvalue weighted by Gasteiger charge is 2.09. The van der Waals surface area contributed by atoms with Crippen LogP contribution in [-0.2, 0) is 4.84 Å². The summed E-state index contributed by atoms with van der Waals surface area (Å²) in [5.41, 5.74) is 2.49. The maximum absolute atomic E-state index is 8.81. The average Bonchev–Trinajstić information content (AvgIpc) is 1.59. The Morgan fingerprint density at radius 2 is 2.00 bits per heavy atom. The number of nitrogens with one attached hydrogen (secondary N) is 1. The Labute approximate surface area is 62.3 Å². The van der Waals surface area contributed by atoms with Crippen molar-refractivity contribution < 1.29 is 9.94 Å². The molecule has 0 spiro atoms. The third kappa shape index (κ3) is 7.88. The Bertz CT molecular complexity index is 86.1. The molecule has 0 aromatic carbocycles. The van der Waals surface area contributed by atoms with Crippen molar-refractivity contribution in [2.75, 3.05) is 6.54 Å². The van der Waals surface area contributed by atoms with Gasteiger partial charge in [0.05, 0.1) is 11.7 Å². The van der Waals surface area contributed by atoms with Crippen molar-refractivity contribution in [3.05, 3.63) is 0 Å². The standard InChI is InChI=1S/C7H17NO2/c1-6(9)5-8-10-7(2,3)4/h6,8-9H,5H2,1-4H3. The normalized spacial score (nSPS) is 15.3. The van der Waals surface area contributed by atoms with Gasteiger partial charge in [-0.15, -0.1) is 0 Å². The van der Waals surface area contributed by atoms with E-state index in [1.165, 1.54) is 0 Å². The molecule has 0 aliphatic carbocycles. The first-order valence-electron chi connectivity index (χ1n) is 3.51. The van der Waals surface area contributed by atoms with Gasteiger partial charge >= 0.3 is 0 Å². The number of hydroxylamine groups is 1. The van der Waals surface area contributed by atoms with Crippen LogP contribution in [0.5, 0.6) is 0 Å². The van der Waals surface area contributed by atoms with E-state index < -0.39 is 0 Å². The molecule has 0 fully saturated rings. The summed E-state index contributed by atoms with van der Waals surface area (Å²) in [6.07, 6.45) is -0.359. The van der Waals surface area contributed by atoms with Gasteiger partial charge in [0, 0.05) is 6.54 Å². The van der Waals surface area contributed by atoms with E-state index in [4.69, 9.17) is 9.94 Å². The molecule has 1 unspecified atom stereocenters. The van der Waals surface area contributed by atoms with Crippen molar-refractivity contribution in [2.45, 2.75) is 39.4 Å². The minimum atomic E-state index is -0.359. The number of aliphatic hydroxyl groups is 1. The quantitative estimate of drug-likeness (QED) is 0.577. The van der Waals surface area contributed by atoms with Gasteiger partial charge in [-0.25, -0.2) is 0 Å². The molecule has 1 atom stereocenters. The average molecular weight is 147 g/mol. The summed E-state index contributed by atoms with van der Waals surface area (Å²) in [5, 5.41) is 8.81. The van der Waals surface area contributed by atoms with Crippen LogP contribution in [0, 0.1) is 0 Å². The molecule has 0 bridgehead atoms. The van der Waals surface area contributed by atoms with Crippen LogP contribution in [0.4, 0.5) is 0 Å².